The van der Waals surface area contributed by atoms with Crippen LogP contribution in [0.3, 0.4) is 0 Å². The van der Waals surface area contributed by atoms with Gasteiger partial charge in [-0.1, -0.05) is 0 Å². The fourth-order valence-corrected chi connectivity index (χ4v) is 1.25. The Morgan fingerprint density at radius 3 is 2.71 bits per heavy atom. The Hall–Kier alpha value is -1.13. The van der Waals surface area contributed by atoms with Crippen LogP contribution in [0, 0.1) is 0 Å². The Balaban J connectivity index is 2.21. The lowest BCUT2D eigenvalue weighted by Crippen LogP contribution is -2.07. The summed E-state index contributed by atoms with van der Waals surface area (Å²) < 4.78 is 5.71. The van der Waals surface area contributed by atoms with E-state index in [0.29, 0.717) is 19.2 Å². The summed E-state index contributed by atoms with van der Waals surface area (Å²) in [6, 6.07) is 1.89. The van der Waals surface area contributed by atoms with Crippen LogP contribution in [-0.4, -0.2) is 11.1 Å². The van der Waals surface area contributed by atoms with Crippen LogP contribution >= 0.6 is 0 Å². The highest BCUT2D eigenvalue weighted by Crippen LogP contribution is 2.29. The normalized spacial score (nSPS) is 15.6. The van der Waals surface area contributed by atoms with Crippen molar-refractivity contribution in [2.45, 2.75) is 32.0 Å². The van der Waals surface area contributed by atoms with Crippen molar-refractivity contribution in [3.8, 4) is 5.75 Å². The van der Waals surface area contributed by atoms with Crippen molar-refractivity contribution in [1.82, 2.24) is 4.98 Å². The van der Waals surface area contributed by atoms with Crippen molar-refractivity contribution in [1.29, 1.82) is 0 Å². The molecule has 1 aliphatic carbocycles. The number of hydrogen-bond acceptors (Lipinski definition) is 4. The lowest BCUT2D eigenvalue weighted by Gasteiger charge is -2.10. The minimum Gasteiger partial charge on any atom is -0.490 e. The van der Waals surface area contributed by atoms with Gasteiger partial charge >= 0.3 is 0 Å². The summed E-state index contributed by atoms with van der Waals surface area (Å²) in [5, 5.41) is 0. The summed E-state index contributed by atoms with van der Waals surface area (Å²) >= 11 is 0. The maximum atomic E-state index is 5.71. The molecule has 4 N–H and O–H groups in total. The zero-order chi connectivity index (χ0) is 9.97. The van der Waals surface area contributed by atoms with Crippen LogP contribution < -0.4 is 16.2 Å². The van der Waals surface area contributed by atoms with Gasteiger partial charge in [0.25, 0.3) is 0 Å². The maximum absolute atomic E-state index is 5.71. The topological polar surface area (TPSA) is 74.2 Å². The van der Waals surface area contributed by atoms with Crippen LogP contribution in [0.2, 0.25) is 0 Å². The van der Waals surface area contributed by atoms with Crippen LogP contribution in [0.15, 0.2) is 12.3 Å². The van der Waals surface area contributed by atoms with Crippen LogP contribution in [0.25, 0.3) is 0 Å². The largest absolute Gasteiger partial charge is 0.490 e. The first-order valence-electron chi connectivity index (χ1n) is 4.88. The first-order valence-corrected chi connectivity index (χ1v) is 4.88. The number of nitrogens with zero attached hydrogens (tertiary/aromatic N) is 1. The first kappa shape index (κ1) is 9.43. The van der Waals surface area contributed by atoms with Gasteiger partial charge in [0, 0.05) is 30.9 Å². The molecule has 1 aromatic heterocycles. The minimum atomic E-state index is 0.383. The van der Waals surface area contributed by atoms with Gasteiger partial charge in [0.15, 0.2) is 0 Å². The molecule has 14 heavy (non-hydrogen) atoms. The molecule has 0 aromatic carbocycles. The summed E-state index contributed by atoms with van der Waals surface area (Å²) in [6.45, 7) is 0.895. The second-order valence-corrected chi connectivity index (χ2v) is 3.51. The molecule has 0 amide bonds. The average Bonchev–Trinajstić information content (AvgIpc) is 3.01. The molecular formula is C10H15N3O. The van der Waals surface area contributed by atoms with E-state index in [1.54, 1.807) is 6.20 Å². The van der Waals surface area contributed by atoms with Gasteiger partial charge in [0.05, 0.1) is 11.8 Å². The highest BCUT2D eigenvalue weighted by Gasteiger charge is 2.24. The Kier molecular flexibility index (Phi) is 2.65. The lowest BCUT2D eigenvalue weighted by atomic mass is 10.2. The van der Waals surface area contributed by atoms with Crippen molar-refractivity contribution >= 4 is 0 Å². The van der Waals surface area contributed by atoms with Gasteiger partial charge in [0.1, 0.15) is 5.75 Å². The van der Waals surface area contributed by atoms with Crippen molar-refractivity contribution in [3.63, 3.8) is 0 Å². The van der Waals surface area contributed by atoms with E-state index in [4.69, 9.17) is 16.2 Å². The highest BCUT2D eigenvalue weighted by molar-refractivity contribution is 5.33. The second-order valence-electron chi connectivity index (χ2n) is 3.51. The van der Waals surface area contributed by atoms with Crippen LogP contribution in [-0.2, 0) is 13.1 Å². The third-order valence-corrected chi connectivity index (χ3v) is 2.25. The third kappa shape index (κ3) is 2.02. The van der Waals surface area contributed by atoms with Crippen molar-refractivity contribution < 1.29 is 4.74 Å². The Morgan fingerprint density at radius 2 is 2.14 bits per heavy atom. The van der Waals surface area contributed by atoms with Gasteiger partial charge in [0.2, 0.25) is 0 Å². The zero-order valence-electron chi connectivity index (χ0n) is 8.07. The van der Waals surface area contributed by atoms with Gasteiger partial charge in [-0.25, -0.2) is 0 Å². The SMILES string of the molecule is NCc1cc(OC2CC2)c(CN)cn1. The number of rotatable bonds is 4. The number of pyridine rings is 1. The fraction of sp³-hybridized carbons (Fsp3) is 0.500. The van der Waals surface area contributed by atoms with Gasteiger partial charge in [-0.15, -0.1) is 0 Å². The summed E-state index contributed by atoms with van der Waals surface area (Å²) in [6.07, 6.45) is 4.42. The quantitative estimate of drug-likeness (QED) is 0.732. The third-order valence-electron chi connectivity index (χ3n) is 2.25. The average molecular weight is 193 g/mol. The lowest BCUT2D eigenvalue weighted by molar-refractivity contribution is 0.299. The molecule has 0 radical (unpaired) electrons. The second kappa shape index (κ2) is 3.94. The standard InChI is InChI=1S/C10H15N3O/c11-4-7-6-13-8(5-12)3-10(7)14-9-1-2-9/h3,6,9H,1-2,4-5,11-12H2. The van der Waals surface area contributed by atoms with Crippen LogP contribution in [0.5, 0.6) is 5.75 Å². The molecule has 0 spiro atoms. The molecule has 76 valence electrons. The summed E-state index contributed by atoms with van der Waals surface area (Å²) in [7, 11) is 0. The summed E-state index contributed by atoms with van der Waals surface area (Å²) in [5.41, 5.74) is 12.9. The summed E-state index contributed by atoms with van der Waals surface area (Å²) in [5.74, 6) is 0.852. The van der Waals surface area contributed by atoms with E-state index >= 15 is 0 Å². The Labute approximate surface area is 83.3 Å². The van der Waals surface area contributed by atoms with Gasteiger partial charge in [-0.05, 0) is 12.8 Å². The van der Waals surface area contributed by atoms with Gasteiger partial charge in [-0.3, -0.25) is 4.98 Å². The van der Waals surface area contributed by atoms with E-state index in [9.17, 15) is 0 Å². The molecule has 0 atom stereocenters. The van der Waals surface area contributed by atoms with Crippen molar-refractivity contribution in [2.24, 2.45) is 11.5 Å². The molecule has 4 nitrogen and oxygen atoms in total. The molecule has 0 aliphatic heterocycles. The number of aromatic nitrogens is 1. The number of ether oxygens (including phenoxy) is 1. The fourth-order valence-electron chi connectivity index (χ4n) is 1.25. The molecule has 2 rings (SSSR count). The molecule has 0 bridgehead atoms. The zero-order valence-corrected chi connectivity index (χ0v) is 8.07. The van der Waals surface area contributed by atoms with Crippen molar-refractivity contribution in [3.05, 3.63) is 23.5 Å². The van der Waals surface area contributed by atoms with Gasteiger partial charge < -0.3 is 16.2 Å². The van der Waals surface area contributed by atoms with Gasteiger partial charge in [-0.2, -0.15) is 0 Å². The van der Waals surface area contributed by atoms with Crippen LogP contribution in [0.4, 0.5) is 0 Å². The first-order chi connectivity index (χ1) is 6.83. The molecular weight excluding hydrogens is 178 g/mol. The molecule has 1 fully saturated rings. The molecule has 1 aromatic rings. The van der Waals surface area contributed by atoms with Crippen molar-refractivity contribution in [2.75, 3.05) is 0 Å². The molecule has 4 heteroatoms. The van der Waals surface area contributed by atoms with E-state index in [1.807, 2.05) is 6.07 Å². The van der Waals surface area contributed by atoms with Crippen LogP contribution in [0.1, 0.15) is 24.1 Å². The van der Waals surface area contributed by atoms with E-state index in [0.717, 1.165) is 29.8 Å². The Bertz CT molecular complexity index is 323. The molecule has 1 heterocycles. The molecule has 1 saturated carbocycles. The smallest absolute Gasteiger partial charge is 0.127 e. The minimum absolute atomic E-state index is 0.383. The Morgan fingerprint density at radius 1 is 1.36 bits per heavy atom. The van der Waals surface area contributed by atoms with E-state index < -0.39 is 0 Å². The molecule has 0 saturated heterocycles. The molecule has 1 aliphatic rings. The summed E-state index contributed by atoms with van der Waals surface area (Å²) in [4.78, 5) is 4.17. The predicted octanol–water partition coefficient (Wildman–Crippen LogP) is 0.540. The molecule has 0 unspecified atom stereocenters. The predicted molar refractivity (Wildman–Crippen MR) is 53.7 cm³/mol. The maximum Gasteiger partial charge on any atom is 0.127 e. The van der Waals surface area contributed by atoms with E-state index in [2.05, 4.69) is 4.98 Å². The number of hydrogen-bond donors (Lipinski definition) is 2. The monoisotopic (exact) mass is 193 g/mol. The highest BCUT2D eigenvalue weighted by atomic mass is 16.5. The van der Waals surface area contributed by atoms with E-state index in [1.165, 1.54) is 0 Å². The number of nitrogens with two attached hydrogens (primary N) is 2. The van der Waals surface area contributed by atoms with E-state index in [-0.39, 0.29) is 0 Å².